The molecule has 1 rings (SSSR count). The summed E-state index contributed by atoms with van der Waals surface area (Å²) in [5, 5.41) is 3.58. The second-order valence-electron chi connectivity index (χ2n) is 2.52. The number of carbonyl (C=O) groups excluding carboxylic acids is 1. The van der Waals surface area contributed by atoms with Crippen LogP contribution < -0.4 is 10.2 Å². The normalized spacial score (nSPS) is 10.1. The number of hydrogen-bond acceptors (Lipinski definition) is 3. The Kier molecular flexibility index (Phi) is 4.20. The average Bonchev–Trinajstić information content (AvgIpc) is 2.25. The summed E-state index contributed by atoms with van der Waals surface area (Å²) in [6.45, 7) is 1.69. The summed E-state index contributed by atoms with van der Waals surface area (Å²) in [6.07, 6.45) is 1.50. The highest BCUT2D eigenvalue weighted by molar-refractivity contribution is 5.78. The molecule has 4 nitrogen and oxygen atoms in total. The van der Waals surface area contributed by atoms with E-state index in [4.69, 9.17) is 4.74 Å². The maximum absolute atomic E-state index is 11.0. The first-order valence-corrected chi connectivity index (χ1v) is 4.27. The Hall–Kier alpha value is -1.84. The van der Waals surface area contributed by atoms with Crippen LogP contribution >= 0.6 is 0 Å². The number of nitrogens with zero attached hydrogens (tertiary/aromatic N) is 1. The molecule has 0 radical (unpaired) electrons. The van der Waals surface area contributed by atoms with Crippen molar-refractivity contribution in [1.29, 1.82) is 0 Å². The average molecular weight is 192 g/mol. The Labute approximate surface area is 82.6 Å². The maximum atomic E-state index is 11.0. The van der Waals surface area contributed by atoms with Crippen LogP contribution in [0, 0.1) is 0 Å². The number of ether oxygens (including phenoxy) is 1. The molecular weight excluding hydrogens is 180 g/mol. The quantitative estimate of drug-likeness (QED) is 0.575. The zero-order valence-electron chi connectivity index (χ0n) is 7.93. The molecule has 0 aliphatic carbocycles. The van der Waals surface area contributed by atoms with Gasteiger partial charge in [0.05, 0.1) is 0 Å². The molecule has 1 N–H and O–H groups in total. The SMILES string of the molecule is C/C=N\NC(=O)COc1ccccc1. The Balaban J connectivity index is 2.31. The molecule has 0 aromatic heterocycles. The van der Waals surface area contributed by atoms with Gasteiger partial charge in [-0.05, 0) is 19.1 Å². The largest absolute Gasteiger partial charge is 0.484 e. The highest BCUT2D eigenvalue weighted by Gasteiger charge is 1.99. The van der Waals surface area contributed by atoms with Crippen LogP contribution in [-0.4, -0.2) is 18.7 Å². The molecule has 0 heterocycles. The Bertz CT molecular complexity index is 309. The highest BCUT2D eigenvalue weighted by atomic mass is 16.5. The molecule has 14 heavy (non-hydrogen) atoms. The number of amides is 1. The van der Waals surface area contributed by atoms with Crippen molar-refractivity contribution in [2.45, 2.75) is 6.92 Å². The smallest absolute Gasteiger partial charge is 0.277 e. The van der Waals surface area contributed by atoms with E-state index >= 15 is 0 Å². The van der Waals surface area contributed by atoms with Gasteiger partial charge in [0, 0.05) is 6.21 Å². The van der Waals surface area contributed by atoms with E-state index in [0.717, 1.165) is 0 Å². The molecule has 0 fully saturated rings. The molecule has 1 amide bonds. The number of nitrogens with one attached hydrogen (secondary N) is 1. The van der Waals surface area contributed by atoms with Crippen molar-refractivity contribution >= 4 is 12.1 Å². The Morgan fingerprint density at radius 1 is 1.50 bits per heavy atom. The lowest BCUT2D eigenvalue weighted by atomic mass is 10.3. The van der Waals surface area contributed by atoms with E-state index in [-0.39, 0.29) is 12.5 Å². The van der Waals surface area contributed by atoms with E-state index in [1.54, 1.807) is 19.1 Å². The van der Waals surface area contributed by atoms with Crippen LogP contribution in [0.5, 0.6) is 5.75 Å². The molecule has 0 unspecified atom stereocenters. The van der Waals surface area contributed by atoms with E-state index in [1.807, 2.05) is 18.2 Å². The first kappa shape index (κ1) is 10.2. The zero-order valence-corrected chi connectivity index (χ0v) is 7.93. The minimum absolute atomic E-state index is 0.0264. The molecular formula is C10H12N2O2. The van der Waals surface area contributed by atoms with Gasteiger partial charge in [0.2, 0.25) is 0 Å². The predicted molar refractivity (Wildman–Crippen MR) is 54.2 cm³/mol. The summed E-state index contributed by atoms with van der Waals surface area (Å²) in [5.74, 6) is 0.398. The maximum Gasteiger partial charge on any atom is 0.277 e. The third-order valence-corrected chi connectivity index (χ3v) is 1.43. The van der Waals surface area contributed by atoms with E-state index < -0.39 is 0 Å². The molecule has 4 heteroatoms. The van der Waals surface area contributed by atoms with Crippen LogP contribution in [0.15, 0.2) is 35.4 Å². The van der Waals surface area contributed by atoms with Gasteiger partial charge in [-0.1, -0.05) is 18.2 Å². The summed E-state index contributed by atoms with van der Waals surface area (Å²) in [6, 6.07) is 9.15. The van der Waals surface area contributed by atoms with Crippen LogP contribution in [-0.2, 0) is 4.79 Å². The fourth-order valence-electron chi connectivity index (χ4n) is 0.834. The summed E-state index contributed by atoms with van der Waals surface area (Å²) >= 11 is 0. The Morgan fingerprint density at radius 2 is 2.21 bits per heavy atom. The van der Waals surface area contributed by atoms with Gasteiger partial charge in [-0.15, -0.1) is 0 Å². The number of hydrogen-bond donors (Lipinski definition) is 1. The van der Waals surface area contributed by atoms with Gasteiger partial charge in [-0.25, -0.2) is 5.43 Å². The second kappa shape index (κ2) is 5.75. The minimum atomic E-state index is -0.271. The minimum Gasteiger partial charge on any atom is -0.484 e. The number of para-hydroxylation sites is 1. The van der Waals surface area contributed by atoms with Crippen molar-refractivity contribution in [2.24, 2.45) is 5.10 Å². The molecule has 0 saturated heterocycles. The summed E-state index contributed by atoms with van der Waals surface area (Å²) in [4.78, 5) is 11.0. The van der Waals surface area contributed by atoms with Gasteiger partial charge >= 0.3 is 0 Å². The number of benzene rings is 1. The van der Waals surface area contributed by atoms with Gasteiger partial charge in [0.25, 0.3) is 5.91 Å². The molecule has 74 valence electrons. The lowest BCUT2D eigenvalue weighted by Gasteiger charge is -2.03. The topological polar surface area (TPSA) is 50.7 Å². The van der Waals surface area contributed by atoms with Gasteiger partial charge < -0.3 is 4.74 Å². The van der Waals surface area contributed by atoms with Crippen molar-refractivity contribution in [3.05, 3.63) is 30.3 Å². The lowest BCUT2D eigenvalue weighted by molar-refractivity contribution is -0.123. The number of hydrazone groups is 1. The highest BCUT2D eigenvalue weighted by Crippen LogP contribution is 2.07. The molecule has 0 spiro atoms. The van der Waals surface area contributed by atoms with E-state index in [2.05, 4.69) is 10.5 Å². The van der Waals surface area contributed by atoms with Gasteiger partial charge in [-0.3, -0.25) is 4.79 Å². The van der Waals surface area contributed by atoms with Gasteiger partial charge in [0.1, 0.15) is 5.75 Å². The van der Waals surface area contributed by atoms with E-state index in [1.165, 1.54) is 6.21 Å². The van der Waals surface area contributed by atoms with E-state index in [0.29, 0.717) is 5.75 Å². The predicted octanol–water partition coefficient (Wildman–Crippen LogP) is 1.19. The van der Waals surface area contributed by atoms with Gasteiger partial charge in [-0.2, -0.15) is 5.10 Å². The third-order valence-electron chi connectivity index (χ3n) is 1.43. The summed E-state index contributed by atoms with van der Waals surface area (Å²) < 4.78 is 5.18. The van der Waals surface area contributed by atoms with E-state index in [9.17, 15) is 4.79 Å². The van der Waals surface area contributed by atoms with Crippen molar-refractivity contribution < 1.29 is 9.53 Å². The number of rotatable bonds is 4. The standard InChI is InChI=1S/C10H12N2O2/c1-2-11-12-10(13)8-14-9-6-4-3-5-7-9/h2-7H,8H2,1H3,(H,12,13)/b11-2-. The molecule has 1 aromatic rings. The van der Waals surface area contributed by atoms with Crippen LogP contribution in [0.3, 0.4) is 0 Å². The van der Waals surface area contributed by atoms with Crippen molar-refractivity contribution in [3.63, 3.8) is 0 Å². The van der Waals surface area contributed by atoms with Gasteiger partial charge in [0.15, 0.2) is 6.61 Å². The number of carbonyl (C=O) groups is 1. The van der Waals surface area contributed by atoms with Crippen LogP contribution in [0.2, 0.25) is 0 Å². The lowest BCUT2D eigenvalue weighted by Crippen LogP contribution is -2.24. The van der Waals surface area contributed by atoms with Crippen molar-refractivity contribution in [1.82, 2.24) is 5.43 Å². The Morgan fingerprint density at radius 3 is 2.86 bits per heavy atom. The first-order valence-electron chi connectivity index (χ1n) is 4.27. The monoisotopic (exact) mass is 192 g/mol. The van der Waals surface area contributed by atoms with Crippen LogP contribution in [0.25, 0.3) is 0 Å². The fourth-order valence-corrected chi connectivity index (χ4v) is 0.834. The molecule has 0 aliphatic heterocycles. The molecule has 0 aliphatic rings. The fraction of sp³-hybridized carbons (Fsp3) is 0.200. The summed E-state index contributed by atoms with van der Waals surface area (Å²) in [7, 11) is 0. The molecule has 0 atom stereocenters. The molecule has 0 bridgehead atoms. The molecule has 0 saturated carbocycles. The third kappa shape index (κ3) is 3.71. The van der Waals surface area contributed by atoms with Crippen LogP contribution in [0.4, 0.5) is 0 Å². The van der Waals surface area contributed by atoms with Crippen LogP contribution in [0.1, 0.15) is 6.92 Å². The molecule has 1 aromatic carbocycles. The zero-order chi connectivity index (χ0) is 10.2. The van der Waals surface area contributed by atoms with Crippen molar-refractivity contribution in [3.8, 4) is 5.75 Å². The summed E-state index contributed by atoms with van der Waals surface area (Å²) in [5.41, 5.74) is 2.31. The van der Waals surface area contributed by atoms with Crippen molar-refractivity contribution in [2.75, 3.05) is 6.61 Å². The first-order chi connectivity index (χ1) is 6.83. The second-order valence-corrected chi connectivity index (χ2v) is 2.52.